The Bertz CT molecular complexity index is 1580. The zero-order chi connectivity index (χ0) is 30.7. The first-order valence-corrected chi connectivity index (χ1v) is 14.6. The molecule has 1 aromatic heterocycles. The molecular formula is C33H40F2N6O2. The van der Waals surface area contributed by atoms with E-state index in [1.54, 1.807) is 13.3 Å². The van der Waals surface area contributed by atoms with Gasteiger partial charge < -0.3 is 19.9 Å². The quantitative estimate of drug-likeness (QED) is 0.249. The monoisotopic (exact) mass is 590 g/mol. The van der Waals surface area contributed by atoms with Crippen molar-refractivity contribution in [2.75, 3.05) is 62.6 Å². The highest BCUT2D eigenvalue weighted by Gasteiger charge is 2.27. The van der Waals surface area contributed by atoms with Gasteiger partial charge in [0.15, 0.2) is 0 Å². The molecule has 8 nitrogen and oxygen atoms in total. The average Bonchev–Trinajstić information content (AvgIpc) is 3.34. The Morgan fingerprint density at radius 3 is 2.47 bits per heavy atom. The molecule has 1 atom stereocenters. The molecule has 1 saturated heterocycles. The molecule has 0 radical (unpaired) electrons. The van der Waals surface area contributed by atoms with Gasteiger partial charge in [-0.25, -0.2) is 14.2 Å². The lowest BCUT2D eigenvalue weighted by Gasteiger charge is -2.37. The summed E-state index contributed by atoms with van der Waals surface area (Å²) in [6, 6.07) is 15.2. The summed E-state index contributed by atoms with van der Waals surface area (Å²) in [6.45, 7) is 10.1. The second-order valence-electron chi connectivity index (χ2n) is 12.1. The van der Waals surface area contributed by atoms with Crippen molar-refractivity contribution in [1.82, 2.24) is 14.8 Å². The summed E-state index contributed by atoms with van der Waals surface area (Å²) in [7, 11) is 3.78. The second-order valence-corrected chi connectivity index (χ2v) is 12.1. The Balaban J connectivity index is 1.40. The van der Waals surface area contributed by atoms with E-state index >= 15 is 0 Å². The van der Waals surface area contributed by atoms with Crippen molar-refractivity contribution in [1.29, 1.82) is 0 Å². The average molecular weight is 591 g/mol. The molecule has 2 heterocycles. The van der Waals surface area contributed by atoms with Gasteiger partial charge in [0, 0.05) is 44.7 Å². The zero-order valence-electron chi connectivity index (χ0n) is 25.5. The van der Waals surface area contributed by atoms with Gasteiger partial charge in [0.05, 0.1) is 40.8 Å². The normalized spacial score (nSPS) is 15.1. The Hall–Kier alpha value is -4.02. The van der Waals surface area contributed by atoms with Crippen molar-refractivity contribution >= 4 is 28.2 Å². The molecule has 0 saturated carbocycles. The highest BCUT2D eigenvalue weighted by Crippen LogP contribution is 2.34. The van der Waals surface area contributed by atoms with Gasteiger partial charge in [0.1, 0.15) is 11.6 Å². The lowest BCUT2D eigenvalue weighted by Crippen LogP contribution is -2.46. The third-order valence-corrected chi connectivity index (χ3v) is 7.91. The molecule has 3 aromatic carbocycles. The maximum atomic E-state index is 13.8. The molecule has 10 heteroatoms. The first kappa shape index (κ1) is 30.4. The lowest BCUT2D eigenvalue weighted by atomic mass is 9.93. The van der Waals surface area contributed by atoms with E-state index in [9.17, 15) is 13.6 Å². The van der Waals surface area contributed by atoms with E-state index in [2.05, 4.69) is 46.5 Å². The number of piperazine rings is 1. The van der Waals surface area contributed by atoms with Gasteiger partial charge in [0.2, 0.25) is 0 Å². The summed E-state index contributed by atoms with van der Waals surface area (Å²) in [4.78, 5) is 19.9. The van der Waals surface area contributed by atoms with Crippen molar-refractivity contribution in [3.8, 4) is 0 Å². The number of carbonyl (C=O) groups excluding carboxylic acids is 1. The summed E-state index contributed by atoms with van der Waals surface area (Å²) in [5, 5.41) is 8.91. The fraction of sp³-hybridized carbons (Fsp3) is 0.394. The molecule has 0 aliphatic carbocycles. The topological polar surface area (TPSA) is 74.7 Å². The molecule has 4 aromatic rings. The molecule has 1 fully saturated rings. The molecule has 5 rings (SSSR count). The number of amides is 1. The molecule has 0 bridgehead atoms. The number of likely N-dealkylation sites (N-methyl/N-ethyl adjacent to an activating group) is 1. The number of rotatable bonds is 10. The van der Waals surface area contributed by atoms with Gasteiger partial charge in [-0.05, 0) is 80.8 Å². The number of benzene rings is 3. The van der Waals surface area contributed by atoms with E-state index in [4.69, 9.17) is 4.74 Å². The van der Waals surface area contributed by atoms with Crippen LogP contribution in [0.25, 0.3) is 10.9 Å². The van der Waals surface area contributed by atoms with Gasteiger partial charge >= 0.3 is 0 Å². The fourth-order valence-electron chi connectivity index (χ4n) is 5.76. The van der Waals surface area contributed by atoms with E-state index in [1.165, 1.54) is 16.9 Å². The van der Waals surface area contributed by atoms with Crippen LogP contribution in [0.5, 0.6) is 0 Å². The summed E-state index contributed by atoms with van der Waals surface area (Å²) in [5.74, 6) is -1.40. The molecule has 228 valence electrons. The van der Waals surface area contributed by atoms with Crippen LogP contribution in [-0.2, 0) is 11.2 Å². The smallest absolute Gasteiger partial charge is 0.273 e. The summed E-state index contributed by atoms with van der Waals surface area (Å²) < 4.78 is 32.8. The van der Waals surface area contributed by atoms with Crippen LogP contribution in [-0.4, -0.2) is 73.2 Å². The maximum Gasteiger partial charge on any atom is 0.273 e. The largest absolute Gasteiger partial charge is 0.382 e. The fourth-order valence-corrected chi connectivity index (χ4v) is 5.76. The Kier molecular flexibility index (Phi) is 8.98. The number of fused-ring (bicyclic) bond motifs is 1. The molecule has 1 aliphatic rings. The van der Waals surface area contributed by atoms with Gasteiger partial charge in [-0.3, -0.25) is 4.79 Å². The minimum absolute atomic E-state index is 0.0206. The Morgan fingerprint density at radius 2 is 1.77 bits per heavy atom. The molecule has 1 aliphatic heterocycles. The zero-order valence-corrected chi connectivity index (χ0v) is 25.5. The molecule has 43 heavy (non-hydrogen) atoms. The molecule has 0 spiro atoms. The van der Waals surface area contributed by atoms with Crippen molar-refractivity contribution in [2.24, 2.45) is 0 Å². The number of anilines is 2. The second kappa shape index (κ2) is 12.7. The number of nitrogens with one attached hydrogen (secondary N) is 2. The van der Waals surface area contributed by atoms with E-state index in [0.717, 1.165) is 60.1 Å². The van der Waals surface area contributed by atoms with Crippen LogP contribution in [0.4, 0.5) is 20.2 Å². The van der Waals surface area contributed by atoms with Gasteiger partial charge in [-0.1, -0.05) is 19.1 Å². The first-order valence-electron chi connectivity index (χ1n) is 14.6. The van der Waals surface area contributed by atoms with Gasteiger partial charge in [0.25, 0.3) is 5.91 Å². The number of hydrogen-bond acceptors (Lipinski definition) is 6. The van der Waals surface area contributed by atoms with Crippen molar-refractivity contribution in [2.45, 2.75) is 38.6 Å². The van der Waals surface area contributed by atoms with Crippen LogP contribution >= 0.6 is 0 Å². The van der Waals surface area contributed by atoms with Crippen LogP contribution in [0.15, 0.2) is 60.8 Å². The van der Waals surface area contributed by atoms with Crippen LogP contribution < -0.4 is 15.6 Å². The lowest BCUT2D eigenvalue weighted by molar-refractivity contribution is 0.101. The van der Waals surface area contributed by atoms with Crippen LogP contribution in [0.2, 0.25) is 0 Å². The number of para-hydroxylation sites is 1. The van der Waals surface area contributed by atoms with Crippen LogP contribution in [0.1, 0.15) is 48.2 Å². The Morgan fingerprint density at radius 1 is 1.05 bits per heavy atom. The van der Waals surface area contributed by atoms with Gasteiger partial charge in [-0.15, -0.1) is 0 Å². The van der Waals surface area contributed by atoms with E-state index in [1.807, 2.05) is 43.3 Å². The standard InChI is InChI=1S/C33H40F2N6O2/c1-22(15-23-16-26(34)19-27(35)17-23)24-9-10-30-25(18-24)20-36-41(30)38-32(42)28-7-6-8-29(37-33(2,3)21-43-5)31(28)40-13-11-39(4)12-14-40/h6-10,16-20,22,37H,11-15,21H2,1-5H3,(H,38,42). The minimum Gasteiger partial charge on any atom is -0.382 e. The predicted octanol–water partition coefficient (Wildman–Crippen LogP) is 5.63. The highest BCUT2D eigenvalue weighted by molar-refractivity contribution is 6.07. The molecule has 2 N–H and O–H groups in total. The summed E-state index contributed by atoms with van der Waals surface area (Å²) in [5.41, 5.74) is 7.29. The molecular weight excluding hydrogens is 550 g/mol. The summed E-state index contributed by atoms with van der Waals surface area (Å²) in [6.07, 6.45) is 2.20. The van der Waals surface area contributed by atoms with Crippen molar-refractivity contribution in [3.05, 3.63) is 89.1 Å². The highest BCUT2D eigenvalue weighted by atomic mass is 19.1. The van der Waals surface area contributed by atoms with E-state index in [0.29, 0.717) is 24.2 Å². The number of ether oxygens (including phenoxy) is 1. The SMILES string of the molecule is COCC(C)(C)Nc1cccc(C(=O)Nn2ncc3cc(C(C)Cc4cc(F)cc(F)c4)ccc32)c1N1CCN(C)CC1. The maximum absolute atomic E-state index is 13.8. The first-order chi connectivity index (χ1) is 20.5. The van der Waals surface area contributed by atoms with E-state index < -0.39 is 11.6 Å². The van der Waals surface area contributed by atoms with Crippen LogP contribution in [0, 0.1) is 11.6 Å². The van der Waals surface area contributed by atoms with Gasteiger partial charge in [-0.2, -0.15) is 9.89 Å². The van der Waals surface area contributed by atoms with Crippen LogP contribution in [0.3, 0.4) is 0 Å². The number of halogens is 2. The Labute approximate surface area is 251 Å². The molecule has 1 unspecified atom stereocenters. The predicted molar refractivity (Wildman–Crippen MR) is 168 cm³/mol. The number of hydrogen-bond donors (Lipinski definition) is 2. The number of nitrogens with zero attached hydrogens (tertiary/aromatic N) is 4. The molecule has 1 amide bonds. The third-order valence-electron chi connectivity index (χ3n) is 7.91. The van der Waals surface area contributed by atoms with Crippen molar-refractivity contribution < 1.29 is 18.3 Å². The van der Waals surface area contributed by atoms with E-state index in [-0.39, 0.29) is 17.4 Å². The number of methoxy groups -OCH3 is 1. The van der Waals surface area contributed by atoms with Crippen molar-refractivity contribution in [3.63, 3.8) is 0 Å². The number of carbonyl (C=O) groups is 1. The third kappa shape index (κ3) is 7.14. The minimum atomic E-state index is -0.578. The number of aromatic nitrogens is 2. The summed E-state index contributed by atoms with van der Waals surface area (Å²) >= 11 is 0.